The number of nitrogens with zero attached hydrogens (tertiary/aromatic N) is 4. The molecule has 3 rings (SSSR count). The van der Waals surface area contributed by atoms with Crippen LogP contribution in [-0.2, 0) is 17.9 Å². The summed E-state index contributed by atoms with van der Waals surface area (Å²) in [6, 6.07) is 9.38. The smallest absolute Gasteiger partial charge is 0.270 e. The predicted octanol–water partition coefficient (Wildman–Crippen LogP) is 4.25. The molecule has 34 heavy (non-hydrogen) atoms. The molecule has 0 atom stereocenters. The molecule has 0 unspecified atom stereocenters. The summed E-state index contributed by atoms with van der Waals surface area (Å²) in [6.45, 7) is 6.41. The van der Waals surface area contributed by atoms with Gasteiger partial charge in [-0.15, -0.1) is 10.2 Å². The third-order valence-electron chi connectivity index (χ3n) is 4.93. The molecule has 0 saturated heterocycles. The SMILES string of the molecule is CCn1c(CNC(=O)c2cccc([N+](=O)[O-])c2)nnc1SCC(=O)Nc1c(C)cc(Br)cc1C. The van der Waals surface area contributed by atoms with Crippen LogP contribution in [0, 0.1) is 24.0 Å². The first-order valence-electron chi connectivity index (χ1n) is 10.3. The van der Waals surface area contributed by atoms with E-state index >= 15 is 0 Å². The summed E-state index contributed by atoms with van der Waals surface area (Å²) in [5.74, 6) is 0.0456. The van der Waals surface area contributed by atoms with Crippen LogP contribution in [0.1, 0.15) is 34.2 Å². The van der Waals surface area contributed by atoms with Gasteiger partial charge in [-0.3, -0.25) is 19.7 Å². The van der Waals surface area contributed by atoms with E-state index in [2.05, 4.69) is 36.8 Å². The van der Waals surface area contributed by atoms with Crippen molar-refractivity contribution in [3.05, 3.63) is 73.5 Å². The monoisotopic (exact) mass is 546 g/mol. The van der Waals surface area contributed by atoms with Crippen molar-refractivity contribution < 1.29 is 14.5 Å². The van der Waals surface area contributed by atoms with E-state index in [9.17, 15) is 19.7 Å². The fraction of sp³-hybridized carbons (Fsp3) is 0.273. The number of nitrogens with one attached hydrogen (secondary N) is 2. The second-order valence-corrected chi connectivity index (χ2v) is 9.24. The van der Waals surface area contributed by atoms with Crippen LogP contribution in [0.25, 0.3) is 0 Å². The first-order chi connectivity index (χ1) is 16.2. The Morgan fingerprint density at radius 2 is 1.88 bits per heavy atom. The van der Waals surface area contributed by atoms with E-state index in [0.717, 1.165) is 21.3 Å². The van der Waals surface area contributed by atoms with E-state index < -0.39 is 10.8 Å². The highest BCUT2D eigenvalue weighted by Crippen LogP contribution is 2.26. The lowest BCUT2D eigenvalue weighted by atomic mass is 10.1. The Morgan fingerprint density at radius 1 is 1.18 bits per heavy atom. The number of halogens is 1. The van der Waals surface area contributed by atoms with Crippen LogP contribution in [0.2, 0.25) is 0 Å². The third-order valence-corrected chi connectivity index (χ3v) is 6.35. The molecule has 2 N–H and O–H groups in total. The average Bonchev–Trinajstić information content (AvgIpc) is 3.20. The number of anilines is 1. The van der Waals surface area contributed by atoms with Crippen molar-refractivity contribution in [3.63, 3.8) is 0 Å². The Morgan fingerprint density at radius 3 is 2.53 bits per heavy atom. The highest BCUT2D eigenvalue weighted by atomic mass is 79.9. The predicted molar refractivity (Wildman–Crippen MR) is 133 cm³/mol. The number of thioether (sulfide) groups is 1. The molecule has 0 aliphatic rings. The number of nitro groups is 1. The van der Waals surface area contributed by atoms with Crippen molar-refractivity contribution in [3.8, 4) is 0 Å². The lowest BCUT2D eigenvalue weighted by molar-refractivity contribution is -0.384. The maximum Gasteiger partial charge on any atom is 0.270 e. The molecule has 178 valence electrons. The second kappa shape index (κ2) is 11.3. The van der Waals surface area contributed by atoms with Crippen LogP contribution in [0.15, 0.2) is 46.0 Å². The molecule has 3 aromatic rings. The van der Waals surface area contributed by atoms with Crippen LogP contribution in [0.4, 0.5) is 11.4 Å². The van der Waals surface area contributed by atoms with Gasteiger partial charge in [-0.2, -0.15) is 0 Å². The molecule has 0 spiro atoms. The first kappa shape index (κ1) is 25.4. The van der Waals surface area contributed by atoms with Crippen molar-refractivity contribution >= 4 is 50.9 Å². The Labute approximate surface area is 208 Å². The zero-order valence-corrected chi connectivity index (χ0v) is 21.2. The molecule has 12 heteroatoms. The van der Waals surface area contributed by atoms with Crippen molar-refractivity contribution in [2.75, 3.05) is 11.1 Å². The molecule has 1 heterocycles. The largest absolute Gasteiger partial charge is 0.345 e. The maximum absolute atomic E-state index is 12.5. The molecule has 0 fully saturated rings. The number of aromatic nitrogens is 3. The van der Waals surface area contributed by atoms with Gasteiger partial charge in [0, 0.05) is 34.4 Å². The molecule has 2 amide bonds. The highest BCUT2D eigenvalue weighted by molar-refractivity contribution is 9.10. The normalized spacial score (nSPS) is 10.7. The minimum absolute atomic E-state index is 0.0897. The summed E-state index contributed by atoms with van der Waals surface area (Å²) >= 11 is 4.70. The van der Waals surface area contributed by atoms with Crippen molar-refractivity contribution in [1.82, 2.24) is 20.1 Å². The summed E-state index contributed by atoms with van der Waals surface area (Å²) in [5.41, 5.74) is 2.74. The molecule has 0 bridgehead atoms. The van der Waals surface area contributed by atoms with Gasteiger partial charge in [0.05, 0.1) is 17.2 Å². The number of aryl methyl sites for hydroxylation is 2. The number of carbonyl (C=O) groups excluding carboxylic acids is 2. The van der Waals surface area contributed by atoms with Gasteiger partial charge >= 0.3 is 0 Å². The van der Waals surface area contributed by atoms with Gasteiger partial charge in [0.15, 0.2) is 11.0 Å². The van der Waals surface area contributed by atoms with Crippen LogP contribution in [-0.4, -0.2) is 37.3 Å². The molecular formula is C22H23BrN6O4S. The standard InChI is InChI=1S/C22H23BrN6O4S/c1-4-28-18(11-24-21(31)15-6-5-7-17(10-15)29(32)33)26-27-22(28)34-12-19(30)25-20-13(2)8-16(23)9-14(20)3/h5-10H,4,11-12H2,1-3H3,(H,24,31)(H,25,30). The van der Waals surface area contributed by atoms with Crippen molar-refractivity contribution in [2.24, 2.45) is 0 Å². The second-order valence-electron chi connectivity index (χ2n) is 7.38. The van der Waals surface area contributed by atoms with Gasteiger partial charge in [-0.05, 0) is 50.1 Å². The highest BCUT2D eigenvalue weighted by Gasteiger charge is 2.16. The topological polar surface area (TPSA) is 132 Å². The van der Waals surface area contributed by atoms with Crippen LogP contribution < -0.4 is 10.6 Å². The van der Waals surface area contributed by atoms with Gasteiger partial charge in [0.1, 0.15) is 0 Å². The summed E-state index contributed by atoms with van der Waals surface area (Å²) in [7, 11) is 0. The van der Waals surface area contributed by atoms with Crippen LogP contribution >= 0.6 is 27.7 Å². The molecule has 0 radical (unpaired) electrons. The molecule has 2 aromatic carbocycles. The van der Waals surface area contributed by atoms with E-state index in [4.69, 9.17) is 0 Å². The molecule has 1 aromatic heterocycles. The minimum atomic E-state index is -0.552. The Balaban J connectivity index is 1.61. The van der Waals surface area contributed by atoms with Gasteiger partial charge < -0.3 is 15.2 Å². The number of hydrogen-bond acceptors (Lipinski definition) is 7. The van der Waals surface area contributed by atoms with Crippen molar-refractivity contribution in [2.45, 2.75) is 39.0 Å². The number of benzene rings is 2. The number of hydrogen-bond donors (Lipinski definition) is 2. The molecule has 10 nitrogen and oxygen atoms in total. The van der Waals surface area contributed by atoms with Crippen LogP contribution in [0.3, 0.4) is 0 Å². The van der Waals surface area contributed by atoms with E-state index in [1.807, 2.05) is 37.5 Å². The lowest BCUT2D eigenvalue weighted by Crippen LogP contribution is -2.25. The van der Waals surface area contributed by atoms with Gasteiger partial charge in [0.25, 0.3) is 11.6 Å². The zero-order chi connectivity index (χ0) is 24.8. The number of carbonyl (C=O) groups is 2. The van der Waals surface area contributed by atoms with Gasteiger partial charge in [-0.25, -0.2) is 0 Å². The van der Waals surface area contributed by atoms with Gasteiger partial charge in [-0.1, -0.05) is 33.8 Å². The number of amides is 2. The van der Waals surface area contributed by atoms with Crippen molar-refractivity contribution in [1.29, 1.82) is 0 Å². The molecule has 0 saturated carbocycles. The quantitative estimate of drug-likeness (QED) is 0.233. The third kappa shape index (κ3) is 6.20. The van der Waals surface area contributed by atoms with E-state index in [1.165, 1.54) is 36.0 Å². The maximum atomic E-state index is 12.5. The van der Waals surface area contributed by atoms with Crippen LogP contribution in [0.5, 0.6) is 0 Å². The molecule has 0 aliphatic carbocycles. The zero-order valence-electron chi connectivity index (χ0n) is 18.8. The Hall–Kier alpha value is -3.25. The summed E-state index contributed by atoms with van der Waals surface area (Å²) in [5, 5.41) is 25.4. The number of nitro benzene ring substituents is 1. The number of non-ortho nitro benzene ring substituents is 1. The number of rotatable bonds is 9. The van der Waals surface area contributed by atoms with Gasteiger partial charge in [0.2, 0.25) is 5.91 Å². The summed E-state index contributed by atoms with van der Waals surface area (Å²) < 4.78 is 2.76. The fourth-order valence-electron chi connectivity index (χ4n) is 3.31. The first-order valence-corrected chi connectivity index (χ1v) is 12.1. The summed E-state index contributed by atoms with van der Waals surface area (Å²) in [6.07, 6.45) is 0. The Bertz CT molecular complexity index is 1220. The van der Waals surface area contributed by atoms with E-state index in [0.29, 0.717) is 17.5 Å². The van der Waals surface area contributed by atoms with E-state index in [1.54, 1.807) is 0 Å². The van der Waals surface area contributed by atoms with E-state index in [-0.39, 0.29) is 29.5 Å². The lowest BCUT2D eigenvalue weighted by Gasteiger charge is -2.12. The molecule has 0 aliphatic heterocycles. The summed E-state index contributed by atoms with van der Waals surface area (Å²) in [4.78, 5) is 35.3. The average molecular weight is 547 g/mol. The molecular weight excluding hydrogens is 524 g/mol. The minimum Gasteiger partial charge on any atom is -0.345 e. The fourth-order valence-corrected chi connectivity index (χ4v) is 4.82. The Kier molecular flexibility index (Phi) is 8.40.